The molecule has 0 amide bonds. The van der Waals surface area contributed by atoms with E-state index in [1.54, 1.807) is 0 Å². The van der Waals surface area contributed by atoms with Crippen molar-refractivity contribution in [3.05, 3.63) is 97.2 Å². The lowest BCUT2D eigenvalue weighted by Crippen LogP contribution is -2.30. The van der Waals surface area contributed by atoms with Crippen LogP contribution in [0.25, 0.3) is 0 Å². The third kappa shape index (κ3) is 65.0. The normalized spacial score (nSPS) is 12.7. The topological polar surface area (TPSA) is 78.9 Å². The minimum absolute atomic E-state index is 0.0771. The summed E-state index contributed by atoms with van der Waals surface area (Å²) in [5.74, 6) is -0.876. The van der Waals surface area contributed by atoms with E-state index in [1.165, 1.54) is 167 Å². The summed E-state index contributed by atoms with van der Waals surface area (Å²) in [7, 11) is 0. The van der Waals surface area contributed by atoms with Crippen molar-refractivity contribution in [3.8, 4) is 0 Å². The number of unbranched alkanes of at least 4 members (excludes halogenated alkanes) is 34. The van der Waals surface area contributed by atoms with Gasteiger partial charge in [-0.05, 0) is 83.5 Å². The van der Waals surface area contributed by atoms with Gasteiger partial charge in [-0.2, -0.15) is 0 Å². The Morgan fingerprint density at radius 3 is 0.772 bits per heavy atom. The molecule has 6 heteroatoms. The molecule has 0 aromatic heterocycles. The largest absolute Gasteiger partial charge is 0.462 e. The Balaban J connectivity index is 4.30. The highest BCUT2D eigenvalue weighted by Gasteiger charge is 2.19. The molecular weight excluding hydrogens is 973 g/mol. The minimum atomic E-state index is -0.781. The SMILES string of the molecule is CC/C=C\C/C=C\C/C=C\C/C=C\C/C=C\C/C=C\C/C=C\C/C=C\CCCCCCCCC(=O)OCC(COC(=O)CCCCCCCCCCCCCCC)OC(=O)CCCCCCCCCCCCCCCCCCC. The smallest absolute Gasteiger partial charge is 0.306 e. The number of allylic oxidation sites excluding steroid dienone is 16. The summed E-state index contributed by atoms with van der Waals surface area (Å²) >= 11 is 0. The molecule has 454 valence electrons. The third-order valence-corrected chi connectivity index (χ3v) is 14.6. The number of ether oxygens (including phenoxy) is 3. The van der Waals surface area contributed by atoms with Crippen LogP contribution < -0.4 is 0 Å². The van der Waals surface area contributed by atoms with Crippen molar-refractivity contribution in [3.63, 3.8) is 0 Å². The van der Waals surface area contributed by atoms with Crippen molar-refractivity contribution >= 4 is 17.9 Å². The molecule has 6 nitrogen and oxygen atoms in total. The van der Waals surface area contributed by atoms with Gasteiger partial charge >= 0.3 is 17.9 Å². The van der Waals surface area contributed by atoms with Crippen LogP contribution in [0.3, 0.4) is 0 Å². The van der Waals surface area contributed by atoms with E-state index in [4.69, 9.17) is 14.2 Å². The maximum atomic E-state index is 12.9. The molecule has 0 aromatic rings. The molecule has 0 saturated carbocycles. The molecule has 0 aliphatic carbocycles. The second kappa shape index (κ2) is 66.8. The first-order valence-electron chi connectivity index (χ1n) is 33.7. The molecule has 0 radical (unpaired) electrons. The first-order chi connectivity index (χ1) is 39.0. The van der Waals surface area contributed by atoms with Crippen molar-refractivity contribution in [1.82, 2.24) is 0 Å². The van der Waals surface area contributed by atoms with Crippen LogP contribution in [0.1, 0.15) is 329 Å². The van der Waals surface area contributed by atoms with Gasteiger partial charge in [0.15, 0.2) is 6.10 Å². The molecule has 1 atom stereocenters. The maximum Gasteiger partial charge on any atom is 0.306 e. The van der Waals surface area contributed by atoms with Crippen LogP contribution in [0.4, 0.5) is 0 Å². The van der Waals surface area contributed by atoms with E-state index in [-0.39, 0.29) is 31.1 Å². The highest BCUT2D eigenvalue weighted by Crippen LogP contribution is 2.17. The van der Waals surface area contributed by atoms with E-state index in [0.29, 0.717) is 19.3 Å². The third-order valence-electron chi connectivity index (χ3n) is 14.6. The average molecular weight is 1100 g/mol. The Bertz CT molecular complexity index is 1540. The molecule has 0 rings (SSSR count). The average Bonchev–Trinajstić information content (AvgIpc) is 3.45. The fourth-order valence-corrected chi connectivity index (χ4v) is 9.58. The van der Waals surface area contributed by atoms with E-state index < -0.39 is 6.10 Å². The predicted octanol–water partition coefficient (Wildman–Crippen LogP) is 23.2. The lowest BCUT2D eigenvalue weighted by Gasteiger charge is -2.18. The van der Waals surface area contributed by atoms with Gasteiger partial charge < -0.3 is 14.2 Å². The van der Waals surface area contributed by atoms with Crippen LogP contribution in [0.15, 0.2) is 97.2 Å². The number of esters is 3. The Morgan fingerprint density at radius 2 is 0.494 bits per heavy atom. The Hall–Kier alpha value is -3.67. The van der Waals surface area contributed by atoms with Crippen molar-refractivity contribution < 1.29 is 28.6 Å². The summed E-state index contributed by atoms with van der Waals surface area (Å²) in [5, 5.41) is 0. The van der Waals surface area contributed by atoms with Gasteiger partial charge in [-0.15, -0.1) is 0 Å². The number of carbonyl (C=O) groups is 3. The molecule has 79 heavy (non-hydrogen) atoms. The van der Waals surface area contributed by atoms with Gasteiger partial charge in [0.1, 0.15) is 13.2 Å². The summed E-state index contributed by atoms with van der Waals surface area (Å²) in [5.41, 5.74) is 0. The van der Waals surface area contributed by atoms with Crippen molar-refractivity contribution in [2.24, 2.45) is 0 Å². The van der Waals surface area contributed by atoms with Gasteiger partial charge in [-0.1, -0.05) is 323 Å². The summed E-state index contributed by atoms with van der Waals surface area (Å²) in [6.07, 6.45) is 89.9. The van der Waals surface area contributed by atoms with E-state index in [1.807, 2.05) is 0 Å². The minimum Gasteiger partial charge on any atom is -0.462 e. The molecule has 0 aliphatic heterocycles. The van der Waals surface area contributed by atoms with E-state index in [9.17, 15) is 14.4 Å². The van der Waals surface area contributed by atoms with Crippen LogP contribution in [0.2, 0.25) is 0 Å². The maximum absolute atomic E-state index is 12.9. The predicted molar refractivity (Wildman–Crippen MR) is 344 cm³/mol. The summed E-state index contributed by atoms with van der Waals surface area (Å²) < 4.78 is 16.9. The first kappa shape index (κ1) is 75.3. The Morgan fingerprint density at radius 1 is 0.266 bits per heavy atom. The van der Waals surface area contributed by atoms with E-state index >= 15 is 0 Å². The monoisotopic (exact) mass is 1100 g/mol. The van der Waals surface area contributed by atoms with Crippen LogP contribution in [0, 0.1) is 0 Å². The Kier molecular flexibility index (Phi) is 63.7. The first-order valence-corrected chi connectivity index (χ1v) is 33.7. The van der Waals surface area contributed by atoms with E-state index in [2.05, 4.69) is 118 Å². The molecule has 0 aromatic carbocycles. The molecule has 0 saturated heterocycles. The zero-order valence-corrected chi connectivity index (χ0v) is 52.1. The molecule has 0 aliphatic rings. The number of hydrogen-bond donors (Lipinski definition) is 0. The molecule has 0 spiro atoms. The quantitative estimate of drug-likeness (QED) is 0.0261. The van der Waals surface area contributed by atoms with Crippen LogP contribution in [-0.2, 0) is 28.6 Å². The highest BCUT2D eigenvalue weighted by atomic mass is 16.6. The van der Waals surface area contributed by atoms with Crippen molar-refractivity contribution in [1.29, 1.82) is 0 Å². The zero-order valence-electron chi connectivity index (χ0n) is 52.1. The van der Waals surface area contributed by atoms with Crippen LogP contribution in [-0.4, -0.2) is 37.2 Å². The molecular formula is C73H126O6. The fraction of sp³-hybridized carbons (Fsp3) is 0.740. The van der Waals surface area contributed by atoms with E-state index in [0.717, 1.165) is 122 Å². The molecule has 0 N–H and O–H groups in total. The second-order valence-corrected chi connectivity index (χ2v) is 22.4. The molecule has 0 bridgehead atoms. The lowest BCUT2D eigenvalue weighted by atomic mass is 10.0. The zero-order chi connectivity index (χ0) is 57.1. The molecule has 0 fully saturated rings. The second-order valence-electron chi connectivity index (χ2n) is 22.4. The van der Waals surface area contributed by atoms with Gasteiger partial charge in [-0.25, -0.2) is 0 Å². The summed E-state index contributed by atoms with van der Waals surface area (Å²) in [4.78, 5) is 38.3. The van der Waals surface area contributed by atoms with Gasteiger partial charge in [0, 0.05) is 19.3 Å². The van der Waals surface area contributed by atoms with Gasteiger partial charge in [0.25, 0.3) is 0 Å². The number of rotatable bonds is 61. The van der Waals surface area contributed by atoms with Crippen LogP contribution in [0.5, 0.6) is 0 Å². The summed E-state index contributed by atoms with van der Waals surface area (Å²) in [6, 6.07) is 0. The van der Waals surface area contributed by atoms with Gasteiger partial charge in [0.2, 0.25) is 0 Å². The number of carbonyl (C=O) groups excluding carboxylic acids is 3. The van der Waals surface area contributed by atoms with Crippen molar-refractivity contribution in [2.75, 3.05) is 13.2 Å². The summed E-state index contributed by atoms with van der Waals surface area (Å²) in [6.45, 7) is 6.55. The highest BCUT2D eigenvalue weighted by molar-refractivity contribution is 5.71. The fourth-order valence-electron chi connectivity index (χ4n) is 9.58. The van der Waals surface area contributed by atoms with Crippen LogP contribution >= 0.6 is 0 Å². The standard InChI is InChI=1S/C73H126O6/c1-4-7-10-13-16-19-22-25-27-29-30-31-32-33-34-35-36-37-38-39-40-41-42-44-45-48-51-54-57-60-63-66-72(75)78-69-70(68-77-71(74)65-62-59-56-53-50-47-24-21-18-15-12-9-6-3)79-73(76)67-64-61-58-55-52-49-46-43-28-26-23-20-17-14-11-8-5-2/h7,10,16,19,25,27,30-31,33-34,36-37,39-40,42,44,70H,4-6,8-9,11-15,17-18,20-24,26,28-29,32,35,38,41,43,45-69H2,1-3H3/b10-7-,19-16-,27-25-,31-30-,34-33-,37-36-,40-39-,44-42-. The molecule has 1 unspecified atom stereocenters. The molecule has 0 heterocycles. The lowest BCUT2D eigenvalue weighted by molar-refractivity contribution is -0.167. The number of hydrogen-bond acceptors (Lipinski definition) is 6. The van der Waals surface area contributed by atoms with Gasteiger partial charge in [0.05, 0.1) is 0 Å². The Labute approximate surface area is 489 Å². The van der Waals surface area contributed by atoms with Gasteiger partial charge in [-0.3, -0.25) is 14.4 Å². The van der Waals surface area contributed by atoms with Crippen molar-refractivity contribution in [2.45, 2.75) is 335 Å².